The zero-order chi connectivity index (χ0) is 19.9. The lowest BCUT2D eigenvalue weighted by Gasteiger charge is -2.17. The van der Waals surface area contributed by atoms with Gasteiger partial charge in [-0.15, -0.1) is 10.2 Å². The van der Waals surface area contributed by atoms with E-state index < -0.39 is 10.2 Å². The summed E-state index contributed by atoms with van der Waals surface area (Å²) in [4.78, 5) is 3.83. The summed E-state index contributed by atoms with van der Waals surface area (Å²) in [5.41, 5.74) is 1.28. The first-order valence-corrected chi connectivity index (χ1v) is 10.4. The van der Waals surface area contributed by atoms with Gasteiger partial charge in [-0.3, -0.25) is 0 Å². The summed E-state index contributed by atoms with van der Waals surface area (Å²) in [7, 11) is -3.37. The van der Waals surface area contributed by atoms with Gasteiger partial charge in [-0.2, -0.15) is 0 Å². The third kappa shape index (κ3) is 6.88. The van der Waals surface area contributed by atoms with Crippen LogP contribution in [0.4, 0.5) is 0 Å². The Morgan fingerprint density at radius 3 is 1.74 bits per heavy atom. The SMILES string of the molecule is COc1ccccc1[S+](c1ccccc1)c1ccc(C)cc1.[O-][Cl+3]([O-])([O-])[O-]. The lowest BCUT2D eigenvalue weighted by Crippen LogP contribution is -2.68. The molecule has 27 heavy (non-hydrogen) atoms. The Balaban J connectivity index is 0.000000465. The maximum atomic E-state index is 8.49. The minimum absolute atomic E-state index is 0.159. The van der Waals surface area contributed by atoms with E-state index in [9.17, 15) is 0 Å². The minimum atomic E-state index is -4.94. The topological polar surface area (TPSA) is 101 Å². The number of methoxy groups -OCH3 is 1. The molecule has 5 nitrogen and oxygen atoms in total. The van der Waals surface area contributed by atoms with Crippen molar-refractivity contribution >= 4 is 10.9 Å². The van der Waals surface area contributed by atoms with Crippen molar-refractivity contribution in [1.29, 1.82) is 0 Å². The highest BCUT2D eigenvalue weighted by atomic mass is 35.7. The number of aryl methyl sites for hydroxylation is 1. The van der Waals surface area contributed by atoms with Crippen molar-refractivity contribution in [3.8, 4) is 5.75 Å². The number of hydrogen-bond donors (Lipinski definition) is 0. The number of halogens is 1. The molecule has 0 saturated carbocycles. The Hall–Kier alpha value is -2.06. The molecule has 0 aromatic heterocycles. The van der Waals surface area contributed by atoms with Crippen molar-refractivity contribution in [2.45, 2.75) is 21.6 Å². The van der Waals surface area contributed by atoms with Crippen molar-refractivity contribution in [3.63, 3.8) is 0 Å². The summed E-state index contributed by atoms with van der Waals surface area (Å²) in [5.74, 6) is 0.940. The van der Waals surface area contributed by atoms with Gasteiger partial charge in [0.15, 0.2) is 15.5 Å². The Kier molecular flexibility index (Phi) is 7.67. The highest BCUT2D eigenvalue weighted by Gasteiger charge is 2.31. The fourth-order valence-electron chi connectivity index (χ4n) is 2.41. The van der Waals surface area contributed by atoms with E-state index >= 15 is 0 Å². The second-order valence-corrected chi connectivity index (χ2v) is 8.21. The van der Waals surface area contributed by atoms with E-state index in [0.29, 0.717) is 0 Å². The number of benzene rings is 3. The molecule has 3 aromatic carbocycles. The summed E-state index contributed by atoms with van der Waals surface area (Å²) in [6.07, 6.45) is 0. The van der Waals surface area contributed by atoms with E-state index in [2.05, 4.69) is 73.7 Å². The summed E-state index contributed by atoms with van der Waals surface area (Å²) in [6, 6.07) is 27.7. The van der Waals surface area contributed by atoms with Crippen LogP contribution in [0.3, 0.4) is 0 Å². The van der Waals surface area contributed by atoms with Gasteiger partial charge < -0.3 is 4.74 Å². The monoisotopic (exact) mass is 406 g/mol. The second kappa shape index (κ2) is 9.75. The first-order chi connectivity index (χ1) is 12.8. The highest BCUT2D eigenvalue weighted by Crippen LogP contribution is 2.36. The quantitative estimate of drug-likeness (QED) is 0.581. The second-order valence-electron chi connectivity index (χ2n) is 5.46. The van der Waals surface area contributed by atoms with Crippen LogP contribution in [0.15, 0.2) is 93.5 Å². The normalized spacial score (nSPS) is 11.9. The third-order valence-corrected chi connectivity index (χ3v) is 5.79. The van der Waals surface area contributed by atoms with Gasteiger partial charge in [0, 0.05) is 0 Å². The van der Waals surface area contributed by atoms with Crippen LogP contribution in [0.25, 0.3) is 0 Å². The van der Waals surface area contributed by atoms with Gasteiger partial charge in [0.2, 0.25) is 4.90 Å². The Morgan fingerprint density at radius 2 is 1.19 bits per heavy atom. The first-order valence-electron chi connectivity index (χ1n) is 7.90. The summed E-state index contributed by atoms with van der Waals surface area (Å²) in [6.45, 7) is 2.12. The van der Waals surface area contributed by atoms with Crippen LogP contribution in [0.1, 0.15) is 5.56 Å². The largest absolute Gasteiger partial charge is 0.491 e. The molecule has 0 aliphatic rings. The predicted molar refractivity (Wildman–Crippen MR) is 92.8 cm³/mol. The molecule has 0 N–H and O–H groups in total. The lowest BCUT2D eigenvalue weighted by molar-refractivity contribution is -2.00. The molecule has 0 saturated heterocycles. The van der Waals surface area contributed by atoms with Crippen LogP contribution < -0.4 is 23.4 Å². The van der Waals surface area contributed by atoms with E-state index in [1.54, 1.807) is 7.11 Å². The van der Waals surface area contributed by atoms with E-state index in [-0.39, 0.29) is 10.9 Å². The van der Waals surface area contributed by atoms with Crippen LogP contribution >= 0.6 is 0 Å². The molecule has 1 unspecified atom stereocenters. The molecule has 1 atom stereocenters. The number of para-hydroxylation sites is 1. The smallest absolute Gasteiger partial charge is 0.208 e. The predicted octanol–water partition coefficient (Wildman–Crippen LogP) is 0.343. The summed E-state index contributed by atoms with van der Waals surface area (Å²) >= 11 is 0. The number of rotatable bonds is 4. The molecule has 3 aromatic rings. The molecule has 142 valence electrons. The Morgan fingerprint density at radius 1 is 0.704 bits per heavy atom. The van der Waals surface area contributed by atoms with Gasteiger partial charge in [0.05, 0.1) is 7.11 Å². The van der Waals surface area contributed by atoms with Crippen LogP contribution in [0.2, 0.25) is 0 Å². The van der Waals surface area contributed by atoms with E-state index in [4.69, 9.17) is 23.4 Å². The standard InChI is InChI=1S/C20H19OS.ClHO4/c1-16-12-14-18(15-13-16)22(17-8-4-3-5-9-17)20-11-7-6-10-19(20)21-2;2-1(3,4)5/h3-15H,1-2H3;(H,2,3,4,5)/q+1;/p-1. The van der Waals surface area contributed by atoms with Crippen LogP contribution in [0, 0.1) is 17.2 Å². The van der Waals surface area contributed by atoms with Crippen LogP contribution in [0.5, 0.6) is 5.75 Å². The molecular formula is C20H19ClO5S. The summed E-state index contributed by atoms with van der Waals surface area (Å²) in [5, 5.41) is 0. The van der Waals surface area contributed by atoms with Crippen molar-refractivity contribution in [2.24, 2.45) is 0 Å². The van der Waals surface area contributed by atoms with Gasteiger partial charge in [0.1, 0.15) is 10.9 Å². The molecule has 0 spiro atoms. The Labute approximate surface area is 163 Å². The molecule has 0 bridgehead atoms. The molecule has 0 heterocycles. The fourth-order valence-corrected chi connectivity index (χ4v) is 4.59. The van der Waals surface area contributed by atoms with Gasteiger partial charge in [-0.1, -0.05) is 48.0 Å². The average Bonchev–Trinajstić information content (AvgIpc) is 2.63. The molecule has 0 aliphatic heterocycles. The number of ether oxygens (including phenoxy) is 1. The fraction of sp³-hybridized carbons (Fsp3) is 0.100. The average molecular weight is 407 g/mol. The molecule has 0 fully saturated rings. The molecule has 0 radical (unpaired) electrons. The van der Waals surface area contributed by atoms with E-state index in [1.807, 2.05) is 12.1 Å². The maximum Gasteiger partial charge on any atom is 0.208 e. The number of hydrogen-bond acceptors (Lipinski definition) is 5. The highest BCUT2D eigenvalue weighted by molar-refractivity contribution is 7.97. The zero-order valence-corrected chi connectivity index (χ0v) is 16.4. The van der Waals surface area contributed by atoms with Gasteiger partial charge >= 0.3 is 0 Å². The Bertz CT molecular complexity index is 829. The van der Waals surface area contributed by atoms with E-state index in [1.165, 1.54) is 20.2 Å². The van der Waals surface area contributed by atoms with E-state index in [0.717, 1.165) is 5.75 Å². The van der Waals surface area contributed by atoms with Gasteiger partial charge in [-0.25, -0.2) is 18.6 Å². The zero-order valence-electron chi connectivity index (χ0n) is 14.8. The van der Waals surface area contributed by atoms with Crippen molar-refractivity contribution in [2.75, 3.05) is 7.11 Å². The third-order valence-electron chi connectivity index (χ3n) is 3.52. The van der Waals surface area contributed by atoms with Gasteiger partial charge in [0.25, 0.3) is 0 Å². The van der Waals surface area contributed by atoms with Crippen LogP contribution in [-0.2, 0) is 10.9 Å². The molecular weight excluding hydrogens is 388 g/mol. The molecule has 3 rings (SSSR count). The first kappa shape index (κ1) is 21.2. The maximum absolute atomic E-state index is 8.49. The molecule has 7 heteroatoms. The van der Waals surface area contributed by atoms with Crippen molar-refractivity contribution < 1.29 is 33.6 Å². The summed E-state index contributed by atoms with van der Waals surface area (Å²) < 4.78 is 39.6. The van der Waals surface area contributed by atoms with Crippen LogP contribution in [-0.4, -0.2) is 7.11 Å². The minimum Gasteiger partial charge on any atom is -0.491 e. The lowest BCUT2D eigenvalue weighted by atomic mass is 10.2. The van der Waals surface area contributed by atoms with Gasteiger partial charge in [-0.05, 0) is 43.3 Å². The molecule has 0 amide bonds. The van der Waals surface area contributed by atoms with Crippen molar-refractivity contribution in [3.05, 3.63) is 84.4 Å². The molecule has 0 aliphatic carbocycles. The van der Waals surface area contributed by atoms with Crippen molar-refractivity contribution in [1.82, 2.24) is 0 Å².